The third kappa shape index (κ3) is 3.74. The van der Waals surface area contributed by atoms with Crippen LogP contribution in [0.5, 0.6) is 6.01 Å². The highest BCUT2D eigenvalue weighted by molar-refractivity contribution is 5.75. The fourth-order valence-electron chi connectivity index (χ4n) is 1.85. The topological polar surface area (TPSA) is 88.4 Å². The molecule has 0 aromatic carbocycles. The molecule has 116 valence electrons. The van der Waals surface area contributed by atoms with E-state index < -0.39 is 11.2 Å². The van der Waals surface area contributed by atoms with Crippen molar-refractivity contribution in [3.8, 4) is 17.9 Å². The summed E-state index contributed by atoms with van der Waals surface area (Å²) in [5, 5.41) is 0.271. The fraction of sp³-hybridized carbons (Fsp3) is 0.400. The van der Waals surface area contributed by atoms with Gasteiger partial charge in [-0.15, -0.1) is 0 Å². The molecule has 22 heavy (non-hydrogen) atoms. The van der Waals surface area contributed by atoms with Crippen LogP contribution in [0.2, 0.25) is 0 Å². The van der Waals surface area contributed by atoms with E-state index in [1.165, 1.54) is 6.07 Å². The fourth-order valence-corrected chi connectivity index (χ4v) is 1.85. The zero-order valence-electron chi connectivity index (χ0n) is 12.7. The number of hydrogen-bond acceptors (Lipinski definition) is 6. The van der Waals surface area contributed by atoms with Gasteiger partial charge in [-0.2, -0.15) is 4.98 Å². The molecule has 0 bridgehead atoms. The number of H-pyrrole nitrogens is 1. The summed E-state index contributed by atoms with van der Waals surface area (Å²) >= 11 is 0. The maximum atomic E-state index is 12.1. The minimum Gasteiger partial charge on any atom is -0.451 e. The van der Waals surface area contributed by atoms with E-state index in [2.05, 4.69) is 21.8 Å². The third-order valence-electron chi connectivity index (χ3n) is 2.86. The zero-order valence-corrected chi connectivity index (χ0v) is 12.7. The van der Waals surface area contributed by atoms with E-state index in [-0.39, 0.29) is 23.7 Å². The van der Waals surface area contributed by atoms with Crippen molar-refractivity contribution in [2.75, 3.05) is 27.2 Å². The van der Waals surface area contributed by atoms with Gasteiger partial charge in [0.15, 0.2) is 6.61 Å². The highest BCUT2D eigenvalue weighted by atomic mass is 16.5. The molecule has 0 aliphatic carbocycles. The zero-order chi connectivity index (χ0) is 16.1. The van der Waals surface area contributed by atoms with Crippen molar-refractivity contribution in [2.24, 2.45) is 0 Å². The largest absolute Gasteiger partial charge is 0.451 e. The molecule has 0 aliphatic rings. The van der Waals surface area contributed by atoms with E-state index in [0.717, 1.165) is 0 Å². The van der Waals surface area contributed by atoms with Gasteiger partial charge in [0, 0.05) is 6.07 Å². The third-order valence-corrected chi connectivity index (χ3v) is 2.86. The second-order valence-electron chi connectivity index (χ2n) is 4.88. The van der Waals surface area contributed by atoms with Crippen LogP contribution in [-0.2, 0) is 6.42 Å². The van der Waals surface area contributed by atoms with Crippen LogP contribution in [0.3, 0.4) is 0 Å². The van der Waals surface area contributed by atoms with E-state index in [1.807, 2.05) is 25.9 Å². The number of fused-ring (bicyclic) bond motifs is 1. The van der Waals surface area contributed by atoms with Crippen LogP contribution in [0.4, 0.5) is 0 Å². The quantitative estimate of drug-likeness (QED) is 0.822. The Morgan fingerprint density at radius 3 is 2.82 bits per heavy atom. The summed E-state index contributed by atoms with van der Waals surface area (Å²) in [6, 6.07) is 1.28. The molecule has 1 N–H and O–H groups in total. The van der Waals surface area contributed by atoms with Crippen molar-refractivity contribution >= 4 is 11.1 Å². The maximum absolute atomic E-state index is 12.1. The summed E-state index contributed by atoms with van der Waals surface area (Å²) in [5.41, 5.74) is -0.372. The molecule has 7 nitrogen and oxygen atoms in total. The maximum Gasteiger partial charge on any atom is 0.337 e. The van der Waals surface area contributed by atoms with Gasteiger partial charge >= 0.3 is 11.6 Å². The molecule has 0 aliphatic heterocycles. The standard InChI is InChI=1S/C15H17N3O4/c1-4-10-9-11(19)22-14-12(10)13(20)16-15(17-14)21-8-6-5-7-18(2)3/h9H,4,7-8H2,1-3H3,(H,16,17,20). The first-order chi connectivity index (χ1) is 10.5. The number of nitrogens with zero attached hydrogens (tertiary/aromatic N) is 2. The van der Waals surface area contributed by atoms with Gasteiger partial charge in [-0.3, -0.25) is 14.7 Å². The van der Waals surface area contributed by atoms with E-state index >= 15 is 0 Å². The normalized spacial score (nSPS) is 10.5. The first-order valence-corrected chi connectivity index (χ1v) is 6.81. The lowest BCUT2D eigenvalue weighted by atomic mass is 10.1. The van der Waals surface area contributed by atoms with Crippen LogP contribution in [-0.4, -0.2) is 42.1 Å². The predicted octanol–water partition coefficient (Wildman–Crippen LogP) is 0.382. The van der Waals surface area contributed by atoms with Gasteiger partial charge in [-0.05, 0) is 26.1 Å². The number of nitrogens with one attached hydrogen (secondary N) is 1. The number of aromatic nitrogens is 2. The van der Waals surface area contributed by atoms with Crippen LogP contribution in [0.15, 0.2) is 20.1 Å². The molecule has 0 fully saturated rings. The van der Waals surface area contributed by atoms with Gasteiger partial charge < -0.3 is 9.15 Å². The summed E-state index contributed by atoms with van der Waals surface area (Å²) in [6.45, 7) is 2.54. The molecule has 0 spiro atoms. The van der Waals surface area contributed by atoms with Crippen molar-refractivity contribution in [1.29, 1.82) is 0 Å². The van der Waals surface area contributed by atoms with Crippen LogP contribution < -0.4 is 15.9 Å². The Morgan fingerprint density at radius 1 is 1.36 bits per heavy atom. The van der Waals surface area contributed by atoms with E-state index in [4.69, 9.17) is 9.15 Å². The van der Waals surface area contributed by atoms with Crippen LogP contribution in [0, 0.1) is 11.8 Å². The first kappa shape index (κ1) is 15.8. The molecule has 2 rings (SSSR count). The van der Waals surface area contributed by atoms with Crippen LogP contribution in [0.1, 0.15) is 12.5 Å². The Bertz CT molecular complexity index is 840. The molecule has 0 atom stereocenters. The lowest BCUT2D eigenvalue weighted by Gasteiger charge is -2.04. The molecule has 2 aromatic heterocycles. The second kappa shape index (κ2) is 6.91. The van der Waals surface area contributed by atoms with E-state index in [1.54, 1.807) is 0 Å². The first-order valence-electron chi connectivity index (χ1n) is 6.81. The molecule has 2 heterocycles. The average Bonchev–Trinajstić information content (AvgIpc) is 2.45. The minimum atomic E-state index is -0.542. The molecule has 7 heteroatoms. The van der Waals surface area contributed by atoms with Gasteiger partial charge in [0.05, 0.1) is 6.54 Å². The Hall–Kier alpha value is -2.59. The number of hydrogen-bond donors (Lipinski definition) is 1. The molecule has 0 unspecified atom stereocenters. The van der Waals surface area contributed by atoms with Gasteiger partial charge in [-0.1, -0.05) is 18.8 Å². The highest BCUT2D eigenvalue weighted by Gasteiger charge is 2.11. The van der Waals surface area contributed by atoms with E-state index in [9.17, 15) is 9.59 Å². The van der Waals surface area contributed by atoms with Gasteiger partial charge in [0.25, 0.3) is 5.56 Å². The molecular weight excluding hydrogens is 286 g/mol. The van der Waals surface area contributed by atoms with Gasteiger partial charge in [-0.25, -0.2) is 4.79 Å². The van der Waals surface area contributed by atoms with Crippen molar-refractivity contribution in [1.82, 2.24) is 14.9 Å². The molecule has 0 amide bonds. The predicted molar refractivity (Wildman–Crippen MR) is 82.1 cm³/mol. The van der Waals surface area contributed by atoms with Gasteiger partial charge in [0.1, 0.15) is 5.39 Å². The molecule has 0 radical (unpaired) electrons. The number of ether oxygens (including phenoxy) is 1. The highest BCUT2D eigenvalue weighted by Crippen LogP contribution is 2.13. The summed E-state index contributed by atoms with van der Waals surface area (Å²) in [4.78, 5) is 32.0. The minimum absolute atomic E-state index is 0.0203. The summed E-state index contributed by atoms with van der Waals surface area (Å²) in [7, 11) is 3.82. The Labute approximate surface area is 126 Å². The smallest absolute Gasteiger partial charge is 0.337 e. The summed E-state index contributed by atoms with van der Waals surface area (Å²) < 4.78 is 10.2. The Balaban J connectivity index is 2.28. The van der Waals surface area contributed by atoms with Crippen LogP contribution >= 0.6 is 0 Å². The number of aryl methyl sites for hydroxylation is 1. The summed E-state index contributed by atoms with van der Waals surface area (Å²) in [6.07, 6.45) is 0.531. The summed E-state index contributed by atoms with van der Waals surface area (Å²) in [5.74, 6) is 5.69. The number of rotatable bonds is 4. The Morgan fingerprint density at radius 2 is 2.14 bits per heavy atom. The van der Waals surface area contributed by atoms with Crippen molar-refractivity contribution in [3.63, 3.8) is 0 Å². The molecular formula is C15H17N3O4. The molecule has 0 saturated carbocycles. The van der Waals surface area contributed by atoms with Crippen LogP contribution in [0.25, 0.3) is 11.1 Å². The second-order valence-corrected chi connectivity index (χ2v) is 4.88. The average molecular weight is 303 g/mol. The lowest BCUT2D eigenvalue weighted by Crippen LogP contribution is -2.15. The molecule has 2 aromatic rings. The van der Waals surface area contributed by atoms with Gasteiger partial charge in [0.2, 0.25) is 5.71 Å². The molecule has 0 saturated heterocycles. The monoisotopic (exact) mass is 303 g/mol. The van der Waals surface area contributed by atoms with E-state index in [0.29, 0.717) is 18.5 Å². The van der Waals surface area contributed by atoms with Crippen molar-refractivity contribution in [3.05, 3.63) is 32.4 Å². The lowest BCUT2D eigenvalue weighted by molar-refractivity contribution is 0.337. The number of aromatic amines is 1. The Kier molecular flexibility index (Phi) is 4.96. The van der Waals surface area contributed by atoms with Crippen molar-refractivity contribution < 1.29 is 9.15 Å². The SMILES string of the molecule is CCc1cc(=O)oc2nc(OCC#CCN(C)C)[nH]c(=O)c12. The van der Waals surface area contributed by atoms with Crippen molar-refractivity contribution in [2.45, 2.75) is 13.3 Å².